The second-order valence-electron chi connectivity index (χ2n) is 3.92. The summed E-state index contributed by atoms with van der Waals surface area (Å²) < 4.78 is 0. The fourth-order valence-corrected chi connectivity index (χ4v) is 1.86. The number of nitrogens with one attached hydrogen (secondary N) is 2. The molecule has 0 aliphatic carbocycles. The van der Waals surface area contributed by atoms with E-state index in [0.29, 0.717) is 5.15 Å². The summed E-state index contributed by atoms with van der Waals surface area (Å²) in [6, 6.07) is 3.81. The third-order valence-electron chi connectivity index (χ3n) is 2.40. The van der Waals surface area contributed by atoms with Gasteiger partial charge < -0.3 is 10.6 Å². The van der Waals surface area contributed by atoms with Gasteiger partial charge >= 0.3 is 0 Å². The van der Waals surface area contributed by atoms with E-state index in [4.69, 9.17) is 11.6 Å². The van der Waals surface area contributed by atoms with E-state index >= 15 is 0 Å². The van der Waals surface area contributed by atoms with Crippen molar-refractivity contribution in [2.45, 2.75) is 13.3 Å². The Kier molecular flexibility index (Phi) is 12.4. The van der Waals surface area contributed by atoms with Gasteiger partial charge in [-0.15, -0.1) is 24.0 Å². The number of pyridine rings is 1. The molecule has 0 saturated carbocycles. The molecule has 1 rings (SSSR count). The number of hydrogen-bond donors (Lipinski definition) is 2. The predicted octanol–water partition coefficient (Wildman–Crippen LogP) is 2.81. The molecular weight excluding hydrogens is 407 g/mol. The Balaban J connectivity index is 0.00000361. The lowest BCUT2D eigenvalue weighted by molar-refractivity contribution is 0.802. The molecule has 0 spiro atoms. The third kappa shape index (κ3) is 8.86. The molecule has 4 nitrogen and oxygen atoms in total. The molecule has 0 bridgehead atoms. The Hall–Kier alpha value is -0.210. The van der Waals surface area contributed by atoms with Crippen molar-refractivity contribution in [3.63, 3.8) is 0 Å². The summed E-state index contributed by atoms with van der Waals surface area (Å²) in [6.07, 6.45) is 4.79. The summed E-state index contributed by atoms with van der Waals surface area (Å²) in [4.78, 5) is 8.55. The number of aromatic nitrogens is 1. The molecule has 0 amide bonds. The Morgan fingerprint density at radius 1 is 1.40 bits per heavy atom. The fraction of sp³-hybridized carbons (Fsp3) is 0.538. The van der Waals surface area contributed by atoms with Gasteiger partial charge in [0, 0.05) is 25.0 Å². The average molecular weight is 429 g/mol. The largest absolute Gasteiger partial charge is 0.357 e. The average Bonchev–Trinajstić information content (AvgIpc) is 2.41. The minimum Gasteiger partial charge on any atom is -0.357 e. The zero-order valence-electron chi connectivity index (χ0n) is 11.9. The number of thioether (sulfide) groups is 1. The van der Waals surface area contributed by atoms with E-state index in [1.807, 2.05) is 18.3 Å². The molecule has 20 heavy (non-hydrogen) atoms. The molecule has 0 aliphatic rings. The molecule has 0 fully saturated rings. The van der Waals surface area contributed by atoms with Crippen LogP contribution < -0.4 is 10.6 Å². The molecule has 1 aromatic rings. The Morgan fingerprint density at radius 2 is 2.20 bits per heavy atom. The molecule has 2 N–H and O–H groups in total. The van der Waals surface area contributed by atoms with Crippen LogP contribution in [0, 0.1) is 0 Å². The van der Waals surface area contributed by atoms with Gasteiger partial charge in [-0.3, -0.25) is 4.99 Å². The van der Waals surface area contributed by atoms with Crippen LogP contribution in [-0.4, -0.2) is 42.6 Å². The number of nitrogens with zero attached hydrogens (tertiary/aromatic N) is 2. The second-order valence-corrected chi connectivity index (χ2v) is 5.29. The lowest BCUT2D eigenvalue weighted by atomic mass is 10.2. The van der Waals surface area contributed by atoms with Crippen LogP contribution in [0.2, 0.25) is 5.15 Å². The van der Waals surface area contributed by atoms with E-state index in [-0.39, 0.29) is 24.0 Å². The van der Waals surface area contributed by atoms with E-state index in [9.17, 15) is 0 Å². The molecule has 0 radical (unpaired) electrons. The molecule has 0 aromatic carbocycles. The summed E-state index contributed by atoms with van der Waals surface area (Å²) in [5.41, 5.74) is 1.16. The van der Waals surface area contributed by atoms with Crippen molar-refractivity contribution in [3.05, 3.63) is 29.0 Å². The van der Waals surface area contributed by atoms with Crippen molar-refractivity contribution in [2.75, 3.05) is 31.6 Å². The zero-order chi connectivity index (χ0) is 13.9. The molecule has 0 aliphatic heterocycles. The topological polar surface area (TPSA) is 49.3 Å². The number of halogens is 2. The second kappa shape index (κ2) is 12.5. The number of rotatable bonds is 7. The quantitative estimate of drug-likeness (QED) is 0.230. The fourth-order valence-electron chi connectivity index (χ4n) is 1.47. The first-order valence-electron chi connectivity index (χ1n) is 6.37. The van der Waals surface area contributed by atoms with Gasteiger partial charge in [-0.1, -0.05) is 17.7 Å². The van der Waals surface area contributed by atoms with Crippen LogP contribution in [0.15, 0.2) is 23.3 Å². The molecule has 0 saturated heterocycles. The van der Waals surface area contributed by atoms with Crippen LogP contribution in [0.3, 0.4) is 0 Å². The van der Waals surface area contributed by atoms with Crippen molar-refractivity contribution in [3.8, 4) is 0 Å². The van der Waals surface area contributed by atoms with E-state index in [2.05, 4.69) is 33.8 Å². The minimum atomic E-state index is 0. The van der Waals surface area contributed by atoms with Gasteiger partial charge in [-0.25, -0.2) is 4.98 Å². The number of hydrogen-bond acceptors (Lipinski definition) is 3. The van der Waals surface area contributed by atoms with Gasteiger partial charge in [-0.05, 0) is 31.2 Å². The molecule has 0 unspecified atom stereocenters. The van der Waals surface area contributed by atoms with Crippen LogP contribution >= 0.6 is 47.3 Å². The minimum absolute atomic E-state index is 0. The summed E-state index contributed by atoms with van der Waals surface area (Å²) in [7, 11) is 0. The van der Waals surface area contributed by atoms with E-state index in [1.165, 1.54) is 0 Å². The number of aliphatic imine (C=N–C) groups is 1. The first-order valence-corrected chi connectivity index (χ1v) is 8.15. The summed E-state index contributed by atoms with van der Waals surface area (Å²) in [6.45, 7) is 4.59. The molecule has 0 atom stereocenters. The lowest BCUT2D eigenvalue weighted by Crippen LogP contribution is -2.38. The normalized spacial score (nSPS) is 10.8. The van der Waals surface area contributed by atoms with E-state index in [0.717, 1.165) is 43.3 Å². The highest BCUT2D eigenvalue weighted by atomic mass is 127. The highest BCUT2D eigenvalue weighted by molar-refractivity contribution is 14.0. The summed E-state index contributed by atoms with van der Waals surface area (Å²) in [5, 5.41) is 7.07. The van der Waals surface area contributed by atoms with Crippen LogP contribution in [0.5, 0.6) is 0 Å². The van der Waals surface area contributed by atoms with Crippen LogP contribution in [0.4, 0.5) is 0 Å². The van der Waals surface area contributed by atoms with Gasteiger partial charge in [0.1, 0.15) is 5.15 Å². The van der Waals surface area contributed by atoms with Gasteiger partial charge in [0.2, 0.25) is 0 Å². The van der Waals surface area contributed by atoms with Crippen molar-refractivity contribution in [2.24, 2.45) is 4.99 Å². The maximum absolute atomic E-state index is 5.75. The van der Waals surface area contributed by atoms with Gasteiger partial charge in [0.05, 0.1) is 6.54 Å². The molecular formula is C13H22ClIN4S. The van der Waals surface area contributed by atoms with Crippen LogP contribution in [-0.2, 0) is 6.42 Å². The first kappa shape index (κ1) is 19.8. The smallest absolute Gasteiger partial charge is 0.191 e. The van der Waals surface area contributed by atoms with Gasteiger partial charge in [-0.2, -0.15) is 11.8 Å². The first-order chi connectivity index (χ1) is 9.26. The SMILES string of the molecule is CCNC(=NCCSC)NCCc1ccc(Cl)nc1.I. The molecule has 1 heterocycles. The Bertz CT molecular complexity index is 386. The molecule has 114 valence electrons. The Morgan fingerprint density at radius 3 is 2.80 bits per heavy atom. The van der Waals surface area contributed by atoms with Crippen molar-refractivity contribution in [1.29, 1.82) is 0 Å². The molecule has 1 aromatic heterocycles. The predicted molar refractivity (Wildman–Crippen MR) is 101 cm³/mol. The zero-order valence-corrected chi connectivity index (χ0v) is 15.8. The third-order valence-corrected chi connectivity index (χ3v) is 3.22. The number of guanidine groups is 1. The van der Waals surface area contributed by atoms with Crippen molar-refractivity contribution >= 4 is 53.3 Å². The van der Waals surface area contributed by atoms with Crippen LogP contribution in [0.1, 0.15) is 12.5 Å². The molecule has 7 heteroatoms. The summed E-state index contributed by atoms with van der Waals surface area (Å²) >= 11 is 7.55. The van der Waals surface area contributed by atoms with E-state index in [1.54, 1.807) is 11.8 Å². The summed E-state index contributed by atoms with van der Waals surface area (Å²) in [5.74, 6) is 1.91. The maximum Gasteiger partial charge on any atom is 0.191 e. The van der Waals surface area contributed by atoms with E-state index < -0.39 is 0 Å². The maximum atomic E-state index is 5.75. The highest BCUT2D eigenvalue weighted by Gasteiger charge is 1.98. The Labute approximate surface area is 147 Å². The van der Waals surface area contributed by atoms with Gasteiger partial charge in [0.15, 0.2) is 5.96 Å². The lowest BCUT2D eigenvalue weighted by Gasteiger charge is -2.11. The monoisotopic (exact) mass is 428 g/mol. The van der Waals surface area contributed by atoms with Gasteiger partial charge in [0.25, 0.3) is 0 Å². The standard InChI is InChI=1S/C13H21ClN4S.HI/c1-3-15-13(17-8-9-19-2)16-7-6-11-4-5-12(14)18-10-11;/h4-5,10H,3,6-9H2,1-2H3,(H2,15,16,17);1H. The van der Waals surface area contributed by atoms with Crippen molar-refractivity contribution in [1.82, 2.24) is 15.6 Å². The van der Waals surface area contributed by atoms with Crippen LogP contribution in [0.25, 0.3) is 0 Å². The van der Waals surface area contributed by atoms with Crippen molar-refractivity contribution < 1.29 is 0 Å². The highest BCUT2D eigenvalue weighted by Crippen LogP contribution is 2.05.